The van der Waals surface area contributed by atoms with Gasteiger partial charge in [0.05, 0.1) is 17.4 Å². The summed E-state index contributed by atoms with van der Waals surface area (Å²) in [7, 11) is 0. The summed E-state index contributed by atoms with van der Waals surface area (Å²) in [6.07, 6.45) is 4.10. The quantitative estimate of drug-likeness (QED) is 0.474. The molecule has 1 saturated heterocycles. The van der Waals surface area contributed by atoms with Crippen LogP contribution < -0.4 is 5.32 Å². The van der Waals surface area contributed by atoms with Crippen LogP contribution in [-0.4, -0.2) is 16.9 Å². The number of β-lactam (4-membered cyclic amide) rings is 1. The number of nitro benzene ring substituents is 1. The number of non-ortho nitro benzene ring substituents is 1. The van der Waals surface area contributed by atoms with E-state index in [2.05, 4.69) is 5.32 Å². The molecule has 1 N–H and O–H groups in total. The molecular weight excluding hydrogens is 208 g/mol. The Hall–Kier alpha value is -2.17. The molecule has 1 heterocycles. The van der Waals surface area contributed by atoms with Gasteiger partial charge in [0.1, 0.15) is 0 Å². The van der Waals surface area contributed by atoms with E-state index in [1.807, 2.05) is 6.08 Å². The molecule has 2 rings (SSSR count). The maximum Gasteiger partial charge on any atom is 0.270 e. The first-order valence-corrected chi connectivity index (χ1v) is 4.87. The second kappa shape index (κ2) is 4.14. The van der Waals surface area contributed by atoms with E-state index in [4.69, 9.17) is 0 Å². The Morgan fingerprint density at radius 3 is 2.88 bits per heavy atom. The van der Waals surface area contributed by atoms with Crippen molar-refractivity contribution >= 4 is 17.7 Å². The normalized spacial score (nSPS) is 19.2. The summed E-state index contributed by atoms with van der Waals surface area (Å²) >= 11 is 0. The Kier molecular flexibility index (Phi) is 2.68. The third-order valence-corrected chi connectivity index (χ3v) is 2.35. The van der Waals surface area contributed by atoms with Gasteiger partial charge in [0.2, 0.25) is 5.91 Å². The molecular formula is C11H10N2O3. The zero-order valence-electron chi connectivity index (χ0n) is 8.42. The number of nitrogens with zero attached hydrogens (tertiary/aromatic N) is 1. The van der Waals surface area contributed by atoms with Crippen molar-refractivity contribution in [3.63, 3.8) is 0 Å². The predicted molar refractivity (Wildman–Crippen MR) is 58.7 cm³/mol. The fraction of sp³-hybridized carbons (Fsp3) is 0.182. The van der Waals surface area contributed by atoms with Crippen LogP contribution in [0.25, 0.3) is 6.08 Å². The highest BCUT2D eigenvalue weighted by molar-refractivity contribution is 5.84. The average Bonchev–Trinajstić information content (AvgIpc) is 2.23. The van der Waals surface area contributed by atoms with E-state index in [0.717, 1.165) is 5.56 Å². The summed E-state index contributed by atoms with van der Waals surface area (Å²) in [5.41, 5.74) is 0.829. The Morgan fingerprint density at radius 1 is 1.50 bits per heavy atom. The van der Waals surface area contributed by atoms with Crippen molar-refractivity contribution in [3.8, 4) is 0 Å². The van der Waals surface area contributed by atoms with Gasteiger partial charge >= 0.3 is 0 Å². The van der Waals surface area contributed by atoms with Crippen LogP contribution in [-0.2, 0) is 4.79 Å². The SMILES string of the molecule is O=C1CC(C=Cc2cccc([N+](=O)[O-])c2)N1. The number of amides is 1. The monoisotopic (exact) mass is 218 g/mol. The second-order valence-electron chi connectivity index (χ2n) is 3.59. The smallest absolute Gasteiger partial charge is 0.270 e. The highest BCUT2D eigenvalue weighted by Crippen LogP contribution is 2.15. The lowest BCUT2D eigenvalue weighted by Crippen LogP contribution is -2.46. The summed E-state index contributed by atoms with van der Waals surface area (Å²) < 4.78 is 0. The topological polar surface area (TPSA) is 72.2 Å². The van der Waals surface area contributed by atoms with Gasteiger partial charge in [-0.25, -0.2) is 0 Å². The van der Waals surface area contributed by atoms with Gasteiger partial charge in [0, 0.05) is 12.1 Å². The van der Waals surface area contributed by atoms with Crippen LogP contribution in [0, 0.1) is 10.1 Å². The Morgan fingerprint density at radius 2 is 2.25 bits per heavy atom. The van der Waals surface area contributed by atoms with Crippen LogP contribution in [0.1, 0.15) is 12.0 Å². The van der Waals surface area contributed by atoms with Crippen LogP contribution in [0.15, 0.2) is 30.3 Å². The molecule has 1 fully saturated rings. The molecule has 1 unspecified atom stereocenters. The molecule has 0 aliphatic carbocycles. The number of carbonyl (C=O) groups is 1. The van der Waals surface area contributed by atoms with E-state index in [1.165, 1.54) is 12.1 Å². The number of nitro groups is 1. The molecule has 0 radical (unpaired) electrons. The van der Waals surface area contributed by atoms with Gasteiger partial charge in [-0.3, -0.25) is 14.9 Å². The number of hydrogen-bond donors (Lipinski definition) is 1. The third kappa shape index (κ3) is 2.25. The number of benzene rings is 1. The molecule has 0 saturated carbocycles. The molecule has 1 atom stereocenters. The number of nitrogens with one attached hydrogen (secondary N) is 1. The van der Waals surface area contributed by atoms with Gasteiger partial charge < -0.3 is 5.32 Å². The van der Waals surface area contributed by atoms with Gasteiger partial charge in [-0.2, -0.15) is 0 Å². The molecule has 5 heteroatoms. The standard InChI is InChI=1S/C11H10N2O3/c14-11-7-9(12-11)5-4-8-2-1-3-10(6-8)13(15)16/h1-6,9H,7H2,(H,12,14). The van der Waals surface area contributed by atoms with Gasteiger partial charge in [-0.15, -0.1) is 0 Å². The maximum atomic E-state index is 10.6. The molecule has 0 spiro atoms. The van der Waals surface area contributed by atoms with Crippen LogP contribution >= 0.6 is 0 Å². The highest BCUT2D eigenvalue weighted by atomic mass is 16.6. The molecule has 1 aliphatic rings. The second-order valence-corrected chi connectivity index (χ2v) is 3.59. The summed E-state index contributed by atoms with van der Waals surface area (Å²) in [5.74, 6) is 0.0358. The molecule has 16 heavy (non-hydrogen) atoms. The van der Waals surface area contributed by atoms with Gasteiger partial charge in [-0.05, 0) is 5.56 Å². The third-order valence-electron chi connectivity index (χ3n) is 2.35. The fourth-order valence-electron chi connectivity index (χ4n) is 1.47. The summed E-state index contributed by atoms with van der Waals surface area (Å²) in [6, 6.07) is 6.42. The Balaban J connectivity index is 2.06. The zero-order chi connectivity index (χ0) is 11.5. The first-order chi connectivity index (χ1) is 7.65. The lowest BCUT2D eigenvalue weighted by atomic mass is 10.0. The van der Waals surface area contributed by atoms with Crippen LogP contribution in [0.2, 0.25) is 0 Å². The molecule has 1 aromatic carbocycles. The highest BCUT2D eigenvalue weighted by Gasteiger charge is 2.21. The summed E-state index contributed by atoms with van der Waals surface area (Å²) in [5, 5.41) is 13.2. The van der Waals surface area contributed by atoms with Crippen molar-refractivity contribution in [1.82, 2.24) is 5.32 Å². The van der Waals surface area contributed by atoms with E-state index in [1.54, 1.807) is 18.2 Å². The first kappa shape index (κ1) is 10.4. The maximum absolute atomic E-state index is 10.6. The lowest BCUT2D eigenvalue weighted by molar-refractivity contribution is -0.384. The van der Waals surface area contributed by atoms with Crippen molar-refractivity contribution in [2.45, 2.75) is 12.5 Å². The van der Waals surface area contributed by atoms with E-state index < -0.39 is 4.92 Å². The minimum atomic E-state index is -0.428. The fourth-order valence-corrected chi connectivity index (χ4v) is 1.47. The van der Waals surface area contributed by atoms with Crippen LogP contribution in [0.4, 0.5) is 5.69 Å². The molecule has 1 amide bonds. The van der Waals surface area contributed by atoms with Crippen LogP contribution in [0.5, 0.6) is 0 Å². The van der Waals surface area contributed by atoms with E-state index >= 15 is 0 Å². The first-order valence-electron chi connectivity index (χ1n) is 4.87. The Bertz CT molecular complexity index is 460. The minimum absolute atomic E-state index is 0.0358. The Labute approximate surface area is 91.9 Å². The molecule has 82 valence electrons. The van der Waals surface area contributed by atoms with E-state index in [0.29, 0.717) is 6.42 Å². The molecule has 0 bridgehead atoms. The number of hydrogen-bond acceptors (Lipinski definition) is 3. The average molecular weight is 218 g/mol. The van der Waals surface area contributed by atoms with Gasteiger partial charge in [0.25, 0.3) is 5.69 Å². The van der Waals surface area contributed by atoms with Crippen molar-refractivity contribution in [3.05, 3.63) is 46.0 Å². The molecule has 5 nitrogen and oxygen atoms in total. The molecule has 1 aliphatic heterocycles. The zero-order valence-corrected chi connectivity index (χ0v) is 8.42. The van der Waals surface area contributed by atoms with E-state index in [-0.39, 0.29) is 17.6 Å². The largest absolute Gasteiger partial charge is 0.349 e. The van der Waals surface area contributed by atoms with Gasteiger partial charge in [-0.1, -0.05) is 24.3 Å². The summed E-state index contributed by atoms with van der Waals surface area (Å²) in [6.45, 7) is 0. The minimum Gasteiger partial charge on any atom is -0.349 e. The van der Waals surface area contributed by atoms with Crippen LogP contribution in [0.3, 0.4) is 0 Å². The molecule has 0 aromatic heterocycles. The van der Waals surface area contributed by atoms with Crippen molar-refractivity contribution in [2.24, 2.45) is 0 Å². The number of rotatable bonds is 3. The predicted octanol–water partition coefficient (Wildman–Crippen LogP) is 1.50. The van der Waals surface area contributed by atoms with Crippen molar-refractivity contribution in [1.29, 1.82) is 0 Å². The van der Waals surface area contributed by atoms with Gasteiger partial charge in [0.15, 0.2) is 0 Å². The van der Waals surface area contributed by atoms with Crippen molar-refractivity contribution in [2.75, 3.05) is 0 Å². The van der Waals surface area contributed by atoms with Crippen molar-refractivity contribution < 1.29 is 9.72 Å². The summed E-state index contributed by atoms with van der Waals surface area (Å²) in [4.78, 5) is 20.7. The lowest BCUT2D eigenvalue weighted by Gasteiger charge is -2.23. The van der Waals surface area contributed by atoms with E-state index in [9.17, 15) is 14.9 Å². The molecule has 1 aromatic rings. The number of carbonyl (C=O) groups excluding carboxylic acids is 1.